The Morgan fingerprint density at radius 1 is 0.966 bits per heavy atom. The van der Waals surface area contributed by atoms with Crippen molar-refractivity contribution in [3.05, 3.63) is 95.3 Å². The maximum atomic E-state index is 14.2. The molecule has 3 aromatic rings. The molecule has 0 heterocycles. The van der Waals surface area contributed by atoms with Crippen LogP contribution < -0.4 is 10.0 Å². The first-order chi connectivity index (χ1) is 13.8. The molecule has 29 heavy (non-hydrogen) atoms. The number of carbonyl (C=O) groups excluding carboxylic acids is 1. The molecule has 0 saturated carbocycles. The van der Waals surface area contributed by atoms with Crippen LogP contribution in [-0.4, -0.2) is 20.9 Å². The number of benzene rings is 3. The van der Waals surface area contributed by atoms with E-state index in [1.165, 1.54) is 0 Å². The normalized spacial score (nSPS) is 11.2. The lowest BCUT2D eigenvalue weighted by Gasteiger charge is -2.10. The van der Waals surface area contributed by atoms with Gasteiger partial charge in [0.25, 0.3) is 5.91 Å². The van der Waals surface area contributed by atoms with Crippen LogP contribution in [0.25, 0.3) is 0 Å². The summed E-state index contributed by atoms with van der Waals surface area (Å²) in [5, 5.41) is 2.58. The van der Waals surface area contributed by atoms with Crippen molar-refractivity contribution in [1.29, 1.82) is 0 Å². The lowest BCUT2D eigenvalue weighted by Crippen LogP contribution is -2.26. The van der Waals surface area contributed by atoms with Crippen molar-refractivity contribution < 1.29 is 17.6 Å². The van der Waals surface area contributed by atoms with Crippen molar-refractivity contribution in [3.63, 3.8) is 0 Å². The summed E-state index contributed by atoms with van der Waals surface area (Å²) >= 11 is 0. The fraction of sp³-hybridized carbons (Fsp3) is 0.136. The number of halogens is 1. The second kappa shape index (κ2) is 8.98. The molecular weight excluding hydrogens is 391 g/mol. The van der Waals surface area contributed by atoms with Gasteiger partial charge in [-0.1, -0.05) is 48.0 Å². The fourth-order valence-corrected chi connectivity index (χ4v) is 3.80. The van der Waals surface area contributed by atoms with Gasteiger partial charge in [0.05, 0.1) is 10.5 Å². The van der Waals surface area contributed by atoms with Crippen LogP contribution in [0.1, 0.15) is 21.5 Å². The SMILES string of the molecule is Cc1ccc(NC(=O)c2cc(S(=O)(=O)NCCc3ccccc3)ccc2F)cc1. The molecule has 2 N–H and O–H groups in total. The van der Waals surface area contributed by atoms with Crippen LogP contribution in [0.5, 0.6) is 0 Å². The number of hydrogen-bond acceptors (Lipinski definition) is 3. The molecule has 0 bridgehead atoms. The average Bonchev–Trinajstić information content (AvgIpc) is 2.70. The number of carbonyl (C=O) groups is 1. The van der Waals surface area contributed by atoms with Crippen molar-refractivity contribution >= 4 is 21.6 Å². The standard InChI is InChI=1S/C22H21FN2O3S/c1-16-7-9-18(10-8-16)25-22(26)20-15-19(11-12-21(20)23)29(27,28)24-14-13-17-5-3-2-4-6-17/h2-12,15,24H,13-14H2,1H3,(H,25,26). The molecule has 1 amide bonds. The highest BCUT2D eigenvalue weighted by molar-refractivity contribution is 7.89. The van der Waals surface area contributed by atoms with Gasteiger partial charge in [0.15, 0.2) is 0 Å². The van der Waals surface area contributed by atoms with Crippen molar-refractivity contribution in [2.45, 2.75) is 18.2 Å². The zero-order valence-corrected chi connectivity index (χ0v) is 16.7. The van der Waals surface area contributed by atoms with Crippen molar-refractivity contribution in [1.82, 2.24) is 4.72 Å². The molecule has 0 aliphatic rings. The van der Waals surface area contributed by atoms with E-state index in [2.05, 4.69) is 10.0 Å². The Bertz CT molecular complexity index is 1100. The van der Waals surface area contributed by atoms with Gasteiger partial charge in [-0.2, -0.15) is 0 Å². The second-order valence-corrected chi connectivity index (χ2v) is 8.36. The second-order valence-electron chi connectivity index (χ2n) is 6.60. The molecule has 5 nitrogen and oxygen atoms in total. The van der Waals surface area contributed by atoms with E-state index in [9.17, 15) is 17.6 Å². The van der Waals surface area contributed by atoms with E-state index >= 15 is 0 Å². The molecule has 0 unspecified atom stereocenters. The van der Waals surface area contributed by atoms with E-state index in [1.807, 2.05) is 49.4 Å². The molecule has 0 atom stereocenters. The smallest absolute Gasteiger partial charge is 0.258 e. The third-order valence-electron chi connectivity index (χ3n) is 4.35. The zero-order chi connectivity index (χ0) is 20.9. The van der Waals surface area contributed by atoms with E-state index in [0.29, 0.717) is 12.1 Å². The Kier molecular flexibility index (Phi) is 6.41. The van der Waals surface area contributed by atoms with Crippen LogP contribution >= 0.6 is 0 Å². The average molecular weight is 412 g/mol. The van der Waals surface area contributed by atoms with Crippen molar-refractivity contribution in [2.75, 3.05) is 11.9 Å². The molecule has 3 rings (SSSR count). The minimum Gasteiger partial charge on any atom is -0.322 e. The number of hydrogen-bond donors (Lipinski definition) is 2. The molecule has 0 aliphatic heterocycles. The summed E-state index contributed by atoms with van der Waals surface area (Å²) in [6, 6.07) is 19.6. The van der Waals surface area contributed by atoms with Gasteiger partial charge in [-0.25, -0.2) is 17.5 Å². The van der Waals surface area contributed by atoms with Gasteiger partial charge in [0.2, 0.25) is 10.0 Å². The highest BCUT2D eigenvalue weighted by atomic mass is 32.2. The minimum absolute atomic E-state index is 0.166. The topological polar surface area (TPSA) is 75.3 Å². The molecule has 150 valence electrons. The molecule has 0 aromatic heterocycles. The van der Waals surface area contributed by atoms with Crippen LogP contribution in [0.2, 0.25) is 0 Å². The molecule has 0 fully saturated rings. The quantitative estimate of drug-likeness (QED) is 0.618. The first kappa shape index (κ1) is 20.7. The minimum atomic E-state index is -3.88. The Hall–Kier alpha value is -3.03. The number of aryl methyl sites for hydroxylation is 1. The van der Waals surface area contributed by atoms with E-state index in [4.69, 9.17) is 0 Å². The van der Waals surface area contributed by atoms with Gasteiger partial charge in [-0.05, 0) is 49.2 Å². The molecule has 0 aliphatic carbocycles. The van der Waals surface area contributed by atoms with E-state index in [-0.39, 0.29) is 17.0 Å². The Morgan fingerprint density at radius 2 is 1.66 bits per heavy atom. The molecule has 0 radical (unpaired) electrons. The van der Waals surface area contributed by atoms with Gasteiger partial charge >= 0.3 is 0 Å². The van der Waals surface area contributed by atoms with E-state index in [0.717, 1.165) is 29.3 Å². The molecule has 7 heteroatoms. The summed E-state index contributed by atoms with van der Waals surface area (Å²) in [6.45, 7) is 2.10. The summed E-state index contributed by atoms with van der Waals surface area (Å²) in [6.07, 6.45) is 0.516. The lowest BCUT2D eigenvalue weighted by molar-refractivity contribution is 0.102. The summed E-state index contributed by atoms with van der Waals surface area (Å²) in [5.41, 5.74) is 2.17. The van der Waals surface area contributed by atoms with Crippen molar-refractivity contribution in [2.24, 2.45) is 0 Å². The summed E-state index contributed by atoms with van der Waals surface area (Å²) in [7, 11) is -3.88. The summed E-state index contributed by atoms with van der Waals surface area (Å²) in [5.74, 6) is -1.51. The number of anilines is 1. The maximum absolute atomic E-state index is 14.2. The number of rotatable bonds is 7. The van der Waals surface area contributed by atoms with Gasteiger partial charge in [0, 0.05) is 12.2 Å². The summed E-state index contributed by atoms with van der Waals surface area (Å²) in [4.78, 5) is 12.3. The van der Waals surface area contributed by atoms with E-state index < -0.39 is 21.7 Å². The zero-order valence-electron chi connectivity index (χ0n) is 15.9. The number of nitrogens with one attached hydrogen (secondary N) is 2. The number of amides is 1. The van der Waals surface area contributed by atoms with Crippen LogP contribution in [0.15, 0.2) is 77.7 Å². The number of sulfonamides is 1. The van der Waals surface area contributed by atoms with Gasteiger partial charge < -0.3 is 5.32 Å². The first-order valence-electron chi connectivity index (χ1n) is 9.06. The maximum Gasteiger partial charge on any atom is 0.258 e. The highest BCUT2D eigenvalue weighted by Crippen LogP contribution is 2.18. The van der Waals surface area contributed by atoms with Crippen LogP contribution in [-0.2, 0) is 16.4 Å². The Balaban J connectivity index is 1.72. The van der Waals surface area contributed by atoms with Crippen LogP contribution in [0, 0.1) is 12.7 Å². The van der Waals surface area contributed by atoms with Crippen LogP contribution in [0.4, 0.5) is 10.1 Å². The first-order valence-corrected chi connectivity index (χ1v) is 10.5. The Morgan fingerprint density at radius 3 is 2.34 bits per heavy atom. The largest absolute Gasteiger partial charge is 0.322 e. The predicted molar refractivity (Wildman–Crippen MR) is 111 cm³/mol. The van der Waals surface area contributed by atoms with Crippen molar-refractivity contribution in [3.8, 4) is 0 Å². The monoisotopic (exact) mass is 412 g/mol. The highest BCUT2D eigenvalue weighted by Gasteiger charge is 2.19. The predicted octanol–water partition coefficient (Wildman–Crippen LogP) is 3.91. The van der Waals surface area contributed by atoms with Gasteiger partial charge in [0.1, 0.15) is 5.82 Å². The van der Waals surface area contributed by atoms with E-state index in [1.54, 1.807) is 12.1 Å². The fourth-order valence-electron chi connectivity index (χ4n) is 2.74. The van der Waals surface area contributed by atoms with Crippen LogP contribution in [0.3, 0.4) is 0 Å². The van der Waals surface area contributed by atoms with Gasteiger partial charge in [-0.3, -0.25) is 4.79 Å². The summed E-state index contributed by atoms with van der Waals surface area (Å²) < 4.78 is 41.7. The molecule has 0 spiro atoms. The molecule has 3 aromatic carbocycles. The van der Waals surface area contributed by atoms with Gasteiger partial charge in [-0.15, -0.1) is 0 Å². The third-order valence-corrected chi connectivity index (χ3v) is 5.81. The lowest BCUT2D eigenvalue weighted by atomic mass is 10.2. The third kappa shape index (κ3) is 5.49. The molecular formula is C22H21FN2O3S. The molecule has 0 saturated heterocycles. The Labute approximate surface area is 169 Å².